The molecule has 78 valence electrons. The van der Waals surface area contributed by atoms with E-state index < -0.39 is 0 Å². The van der Waals surface area contributed by atoms with Crippen molar-refractivity contribution in [3.8, 4) is 5.75 Å². The summed E-state index contributed by atoms with van der Waals surface area (Å²) in [6, 6.07) is 6.30. The van der Waals surface area contributed by atoms with E-state index in [9.17, 15) is 0 Å². The van der Waals surface area contributed by atoms with Gasteiger partial charge in [0.05, 0.1) is 6.10 Å². The van der Waals surface area contributed by atoms with Gasteiger partial charge in [0.25, 0.3) is 0 Å². The fourth-order valence-electron chi connectivity index (χ4n) is 1.89. The molecule has 0 aliphatic heterocycles. The van der Waals surface area contributed by atoms with Crippen molar-refractivity contribution in [1.82, 2.24) is 4.98 Å². The third-order valence-corrected chi connectivity index (χ3v) is 3.11. The van der Waals surface area contributed by atoms with E-state index in [1.165, 1.54) is 35.0 Å². The lowest BCUT2D eigenvalue weighted by Gasteiger charge is -2.03. The van der Waals surface area contributed by atoms with Crippen molar-refractivity contribution in [3.63, 3.8) is 0 Å². The summed E-state index contributed by atoms with van der Waals surface area (Å²) in [7, 11) is 0. The molecule has 2 heteroatoms. The molecule has 0 spiro atoms. The maximum absolute atomic E-state index is 5.78. The van der Waals surface area contributed by atoms with Gasteiger partial charge in [-0.2, -0.15) is 0 Å². The molecule has 1 aromatic carbocycles. The van der Waals surface area contributed by atoms with E-state index in [1.807, 2.05) is 0 Å². The number of H-pyrrole nitrogens is 1. The predicted molar refractivity (Wildman–Crippen MR) is 61.4 cm³/mol. The van der Waals surface area contributed by atoms with Gasteiger partial charge < -0.3 is 9.72 Å². The van der Waals surface area contributed by atoms with Crippen LogP contribution in [0.3, 0.4) is 0 Å². The Balaban J connectivity index is 2.06. The Morgan fingerprint density at radius 1 is 1.27 bits per heavy atom. The minimum absolute atomic E-state index is 0.475. The molecule has 0 amide bonds. The van der Waals surface area contributed by atoms with Gasteiger partial charge in [-0.15, -0.1) is 0 Å². The predicted octanol–water partition coefficient (Wildman–Crippen LogP) is 3.33. The van der Waals surface area contributed by atoms with Gasteiger partial charge >= 0.3 is 0 Å². The summed E-state index contributed by atoms with van der Waals surface area (Å²) >= 11 is 0. The average Bonchev–Trinajstić information content (AvgIpc) is 2.98. The van der Waals surface area contributed by atoms with E-state index in [2.05, 4.69) is 37.0 Å². The van der Waals surface area contributed by atoms with Crippen LogP contribution in [-0.4, -0.2) is 11.1 Å². The van der Waals surface area contributed by atoms with Crippen LogP contribution in [0.1, 0.15) is 24.1 Å². The molecule has 0 radical (unpaired) electrons. The standard InChI is InChI=1S/C13H15NO/c1-8-9(2)14-13-6-5-11(7-12(8)13)15-10-3-4-10/h5-7,10,14H,3-4H2,1-2H3. The molecule has 1 saturated carbocycles. The second-order valence-corrected chi connectivity index (χ2v) is 4.40. The number of hydrogen-bond donors (Lipinski definition) is 1. The number of rotatable bonds is 2. The van der Waals surface area contributed by atoms with Gasteiger partial charge in [-0.25, -0.2) is 0 Å². The van der Waals surface area contributed by atoms with Crippen molar-refractivity contribution < 1.29 is 4.74 Å². The van der Waals surface area contributed by atoms with Crippen LogP contribution < -0.4 is 4.74 Å². The first-order valence-electron chi connectivity index (χ1n) is 5.49. The third-order valence-electron chi connectivity index (χ3n) is 3.11. The van der Waals surface area contributed by atoms with Crippen molar-refractivity contribution in [2.75, 3.05) is 0 Å². The van der Waals surface area contributed by atoms with Gasteiger partial charge in [-0.3, -0.25) is 0 Å². The lowest BCUT2D eigenvalue weighted by atomic mass is 10.1. The minimum atomic E-state index is 0.475. The largest absolute Gasteiger partial charge is 0.490 e. The zero-order valence-corrected chi connectivity index (χ0v) is 9.13. The lowest BCUT2D eigenvalue weighted by molar-refractivity contribution is 0.303. The molecule has 1 aliphatic rings. The summed E-state index contributed by atoms with van der Waals surface area (Å²) in [5.74, 6) is 1.01. The number of benzene rings is 1. The van der Waals surface area contributed by atoms with E-state index in [-0.39, 0.29) is 0 Å². The summed E-state index contributed by atoms with van der Waals surface area (Å²) in [5, 5.41) is 1.28. The smallest absolute Gasteiger partial charge is 0.120 e. The van der Waals surface area contributed by atoms with Crippen LogP contribution in [0, 0.1) is 13.8 Å². The van der Waals surface area contributed by atoms with E-state index in [1.54, 1.807) is 0 Å². The highest BCUT2D eigenvalue weighted by Crippen LogP contribution is 2.30. The molecule has 0 atom stereocenters. The lowest BCUT2D eigenvalue weighted by Crippen LogP contribution is -1.95. The Labute approximate surface area is 89.3 Å². The highest BCUT2D eigenvalue weighted by atomic mass is 16.5. The van der Waals surface area contributed by atoms with Crippen molar-refractivity contribution in [2.24, 2.45) is 0 Å². The summed E-state index contributed by atoms with van der Waals surface area (Å²) in [4.78, 5) is 3.37. The van der Waals surface area contributed by atoms with E-state index in [0.717, 1.165) is 5.75 Å². The van der Waals surface area contributed by atoms with Crippen LogP contribution in [0.2, 0.25) is 0 Å². The van der Waals surface area contributed by atoms with Gasteiger partial charge in [-0.05, 0) is 50.5 Å². The van der Waals surface area contributed by atoms with E-state index >= 15 is 0 Å². The zero-order valence-electron chi connectivity index (χ0n) is 9.13. The summed E-state index contributed by atoms with van der Waals surface area (Å²) in [5.41, 5.74) is 3.77. The van der Waals surface area contributed by atoms with Gasteiger partial charge in [0.2, 0.25) is 0 Å². The highest BCUT2D eigenvalue weighted by Gasteiger charge is 2.23. The Hall–Kier alpha value is -1.44. The van der Waals surface area contributed by atoms with Crippen molar-refractivity contribution in [3.05, 3.63) is 29.5 Å². The number of aromatic nitrogens is 1. The molecule has 1 heterocycles. The molecule has 2 nitrogen and oxygen atoms in total. The highest BCUT2D eigenvalue weighted by molar-refractivity contribution is 5.85. The van der Waals surface area contributed by atoms with Crippen LogP contribution in [0.15, 0.2) is 18.2 Å². The summed E-state index contributed by atoms with van der Waals surface area (Å²) in [6.45, 7) is 4.26. The normalized spacial score (nSPS) is 15.9. The minimum Gasteiger partial charge on any atom is -0.490 e. The number of nitrogens with one attached hydrogen (secondary N) is 1. The third kappa shape index (κ3) is 1.50. The maximum atomic E-state index is 5.78. The number of hydrogen-bond acceptors (Lipinski definition) is 1. The van der Waals surface area contributed by atoms with Crippen LogP contribution in [0.4, 0.5) is 0 Å². The van der Waals surface area contributed by atoms with Crippen molar-refractivity contribution >= 4 is 10.9 Å². The number of fused-ring (bicyclic) bond motifs is 1. The Kier molecular flexibility index (Phi) is 1.78. The molecular formula is C13H15NO. The van der Waals surface area contributed by atoms with Crippen molar-refractivity contribution in [2.45, 2.75) is 32.8 Å². The molecule has 0 bridgehead atoms. The zero-order chi connectivity index (χ0) is 10.4. The van der Waals surface area contributed by atoms with Crippen LogP contribution in [-0.2, 0) is 0 Å². The fourth-order valence-corrected chi connectivity index (χ4v) is 1.89. The monoisotopic (exact) mass is 201 g/mol. The summed E-state index contributed by atoms with van der Waals surface area (Å²) in [6.07, 6.45) is 2.90. The SMILES string of the molecule is Cc1[nH]c2ccc(OC3CC3)cc2c1C. The molecule has 15 heavy (non-hydrogen) atoms. The molecule has 2 aromatic rings. The molecule has 3 rings (SSSR count). The van der Waals surface area contributed by atoms with Crippen LogP contribution in [0.25, 0.3) is 10.9 Å². The Bertz CT molecular complexity index is 508. The second-order valence-electron chi connectivity index (χ2n) is 4.40. The first kappa shape index (κ1) is 8.84. The number of ether oxygens (including phenoxy) is 1. The molecule has 1 aliphatic carbocycles. The van der Waals surface area contributed by atoms with Gasteiger partial charge in [-0.1, -0.05) is 0 Å². The molecule has 1 N–H and O–H groups in total. The molecule has 1 aromatic heterocycles. The quantitative estimate of drug-likeness (QED) is 0.792. The molecule has 0 unspecified atom stereocenters. The molecule has 1 fully saturated rings. The second kappa shape index (κ2) is 3.02. The first-order valence-corrected chi connectivity index (χ1v) is 5.49. The van der Waals surface area contributed by atoms with Gasteiger partial charge in [0.1, 0.15) is 5.75 Å². The topological polar surface area (TPSA) is 25.0 Å². The van der Waals surface area contributed by atoms with Gasteiger partial charge in [0, 0.05) is 16.6 Å². The number of aryl methyl sites for hydroxylation is 2. The number of aromatic amines is 1. The average molecular weight is 201 g/mol. The Morgan fingerprint density at radius 3 is 2.80 bits per heavy atom. The van der Waals surface area contributed by atoms with Crippen molar-refractivity contribution in [1.29, 1.82) is 0 Å². The maximum Gasteiger partial charge on any atom is 0.120 e. The molecular weight excluding hydrogens is 186 g/mol. The summed E-state index contributed by atoms with van der Waals surface area (Å²) < 4.78 is 5.78. The van der Waals surface area contributed by atoms with Crippen LogP contribution in [0.5, 0.6) is 5.75 Å². The molecule has 0 saturated heterocycles. The van der Waals surface area contributed by atoms with E-state index in [0.29, 0.717) is 6.10 Å². The van der Waals surface area contributed by atoms with Gasteiger partial charge in [0.15, 0.2) is 0 Å². The Morgan fingerprint density at radius 2 is 2.07 bits per heavy atom. The first-order chi connectivity index (χ1) is 7.24. The van der Waals surface area contributed by atoms with Crippen LogP contribution >= 0.6 is 0 Å². The van der Waals surface area contributed by atoms with E-state index in [4.69, 9.17) is 4.74 Å². The fraction of sp³-hybridized carbons (Fsp3) is 0.385.